The lowest BCUT2D eigenvalue weighted by atomic mass is 10.1. The number of Topliss-reactive ketones (excluding diaryl/α,β-unsaturated/α-hetero) is 1. The van der Waals surface area contributed by atoms with Gasteiger partial charge >= 0.3 is 0 Å². The number of carbonyl (C=O) groups excluding carboxylic acids is 1. The molecule has 0 amide bonds. The molecule has 6 heteroatoms. The average molecular weight is 444 g/mol. The van der Waals surface area contributed by atoms with Crippen LogP contribution in [0.4, 0.5) is 0 Å². The van der Waals surface area contributed by atoms with Crippen LogP contribution in [0.5, 0.6) is 5.75 Å². The van der Waals surface area contributed by atoms with Crippen molar-refractivity contribution in [1.29, 1.82) is 0 Å². The zero-order valence-electron chi connectivity index (χ0n) is 18.4. The Morgan fingerprint density at radius 3 is 2.47 bits per heavy atom. The molecule has 0 saturated heterocycles. The summed E-state index contributed by atoms with van der Waals surface area (Å²) in [6.07, 6.45) is 0.655. The maximum atomic E-state index is 12.9. The van der Waals surface area contributed by atoms with Crippen LogP contribution in [0.1, 0.15) is 32.9 Å². The van der Waals surface area contributed by atoms with Crippen LogP contribution in [-0.4, -0.2) is 33.4 Å². The number of nitrogens with zero attached hydrogens (tertiary/aromatic N) is 3. The fourth-order valence-corrected chi connectivity index (χ4v) is 4.51. The summed E-state index contributed by atoms with van der Waals surface area (Å²) in [5.74, 6) is 1.66. The first-order valence-electron chi connectivity index (χ1n) is 10.4. The monoisotopic (exact) mass is 443 g/mol. The highest BCUT2D eigenvalue weighted by atomic mass is 32.2. The maximum absolute atomic E-state index is 12.9. The van der Waals surface area contributed by atoms with E-state index in [4.69, 9.17) is 4.74 Å². The van der Waals surface area contributed by atoms with Gasteiger partial charge in [-0.2, -0.15) is 0 Å². The van der Waals surface area contributed by atoms with Crippen molar-refractivity contribution in [1.82, 2.24) is 14.8 Å². The number of thioether (sulfide) groups is 1. The zero-order chi connectivity index (χ0) is 22.5. The van der Waals surface area contributed by atoms with Gasteiger partial charge < -0.3 is 4.74 Å². The first-order chi connectivity index (χ1) is 15.6. The summed E-state index contributed by atoms with van der Waals surface area (Å²) in [4.78, 5) is 12.9. The van der Waals surface area contributed by atoms with E-state index in [1.165, 1.54) is 17.3 Å². The molecule has 0 N–H and O–H groups in total. The van der Waals surface area contributed by atoms with Gasteiger partial charge in [0.2, 0.25) is 0 Å². The number of ether oxygens (including phenoxy) is 1. The molecule has 1 aromatic heterocycles. The van der Waals surface area contributed by atoms with E-state index in [1.54, 1.807) is 19.2 Å². The number of para-hydroxylation sites is 1. The number of hydrogen-bond donors (Lipinski definition) is 0. The molecule has 0 unspecified atom stereocenters. The molecule has 0 aliphatic rings. The van der Waals surface area contributed by atoms with Crippen LogP contribution < -0.4 is 4.74 Å². The van der Waals surface area contributed by atoms with Crippen molar-refractivity contribution >= 4 is 17.5 Å². The minimum absolute atomic E-state index is 0.00719. The highest BCUT2D eigenvalue weighted by molar-refractivity contribution is 7.99. The Bertz CT molecular complexity index is 1240. The quantitative estimate of drug-likeness (QED) is 0.267. The third kappa shape index (κ3) is 4.75. The summed E-state index contributed by atoms with van der Waals surface area (Å²) in [6.45, 7) is 4.17. The van der Waals surface area contributed by atoms with Crippen molar-refractivity contribution in [3.63, 3.8) is 0 Å². The Kier molecular flexibility index (Phi) is 6.71. The summed E-state index contributed by atoms with van der Waals surface area (Å²) >= 11 is 1.39. The van der Waals surface area contributed by atoms with Gasteiger partial charge in [0, 0.05) is 6.42 Å². The van der Waals surface area contributed by atoms with Gasteiger partial charge in [-0.05, 0) is 43.2 Å². The predicted molar refractivity (Wildman–Crippen MR) is 128 cm³/mol. The van der Waals surface area contributed by atoms with Gasteiger partial charge in [0.1, 0.15) is 11.6 Å². The topological polar surface area (TPSA) is 57.0 Å². The number of carbonyl (C=O) groups is 1. The van der Waals surface area contributed by atoms with Crippen LogP contribution in [0.15, 0.2) is 78.0 Å². The fraction of sp³-hybridized carbons (Fsp3) is 0.192. The van der Waals surface area contributed by atoms with Crippen molar-refractivity contribution in [3.8, 4) is 11.4 Å². The second-order valence-corrected chi connectivity index (χ2v) is 8.54. The Labute approximate surface area is 192 Å². The van der Waals surface area contributed by atoms with Crippen molar-refractivity contribution in [2.45, 2.75) is 25.4 Å². The Hall–Kier alpha value is -3.38. The third-order valence-electron chi connectivity index (χ3n) is 5.24. The van der Waals surface area contributed by atoms with E-state index < -0.39 is 0 Å². The highest BCUT2D eigenvalue weighted by Crippen LogP contribution is 2.28. The lowest BCUT2D eigenvalue weighted by Crippen LogP contribution is -2.08. The summed E-state index contributed by atoms with van der Waals surface area (Å²) < 4.78 is 7.42. The van der Waals surface area contributed by atoms with Gasteiger partial charge in [0.25, 0.3) is 0 Å². The summed E-state index contributed by atoms with van der Waals surface area (Å²) in [5, 5.41) is 9.64. The fourth-order valence-electron chi connectivity index (χ4n) is 3.67. The van der Waals surface area contributed by atoms with Gasteiger partial charge in [-0.1, -0.05) is 71.9 Å². The van der Waals surface area contributed by atoms with Gasteiger partial charge in [0.15, 0.2) is 10.9 Å². The normalized spacial score (nSPS) is 10.8. The number of aryl methyl sites for hydroxylation is 2. The van der Waals surface area contributed by atoms with Crippen LogP contribution in [0.25, 0.3) is 5.69 Å². The molecule has 5 nitrogen and oxygen atoms in total. The van der Waals surface area contributed by atoms with Gasteiger partial charge in [-0.25, -0.2) is 0 Å². The third-order valence-corrected chi connectivity index (χ3v) is 6.17. The molecule has 3 aromatic carbocycles. The first-order valence-corrected chi connectivity index (χ1v) is 11.4. The smallest absolute Gasteiger partial charge is 0.196 e. The van der Waals surface area contributed by atoms with E-state index in [1.807, 2.05) is 30.3 Å². The summed E-state index contributed by atoms with van der Waals surface area (Å²) in [5.41, 5.74) is 5.09. The van der Waals surface area contributed by atoms with E-state index in [0.717, 1.165) is 22.6 Å². The number of methoxy groups -OCH3 is 1. The van der Waals surface area contributed by atoms with Crippen molar-refractivity contribution in [2.75, 3.05) is 12.9 Å². The largest absolute Gasteiger partial charge is 0.496 e. The van der Waals surface area contributed by atoms with Gasteiger partial charge in [0.05, 0.1) is 24.1 Å². The van der Waals surface area contributed by atoms with Gasteiger partial charge in [-0.3, -0.25) is 9.36 Å². The molecule has 0 spiro atoms. The minimum atomic E-state index is -0.00719. The molecule has 0 atom stereocenters. The molecule has 32 heavy (non-hydrogen) atoms. The molecular weight excluding hydrogens is 418 g/mol. The molecule has 162 valence electrons. The van der Waals surface area contributed by atoms with Crippen LogP contribution in [-0.2, 0) is 6.42 Å². The number of benzene rings is 3. The standard InChI is InChI=1S/C26H25N3O2S/c1-18-13-14-22(19(2)15-18)29-25(16-20-9-5-4-6-10-20)27-28-26(29)32-17-23(30)21-11-7-8-12-24(21)31-3/h4-15H,16-17H2,1-3H3. The molecule has 0 aliphatic carbocycles. The molecule has 0 aliphatic heterocycles. The molecule has 1 heterocycles. The maximum Gasteiger partial charge on any atom is 0.196 e. The van der Waals surface area contributed by atoms with E-state index in [0.29, 0.717) is 22.9 Å². The Morgan fingerprint density at radius 2 is 1.72 bits per heavy atom. The Balaban J connectivity index is 1.66. The summed E-state index contributed by atoms with van der Waals surface area (Å²) in [7, 11) is 1.58. The molecule has 4 rings (SSSR count). The highest BCUT2D eigenvalue weighted by Gasteiger charge is 2.19. The predicted octanol–water partition coefficient (Wildman–Crippen LogP) is 5.46. The number of ketones is 1. The van der Waals surface area contributed by atoms with Crippen LogP contribution in [0.2, 0.25) is 0 Å². The SMILES string of the molecule is COc1ccccc1C(=O)CSc1nnc(Cc2ccccc2)n1-c1ccc(C)cc1C. The number of aromatic nitrogens is 3. The number of hydrogen-bond acceptors (Lipinski definition) is 5. The molecule has 4 aromatic rings. The molecule has 0 fully saturated rings. The van der Waals surface area contributed by atoms with E-state index >= 15 is 0 Å². The second-order valence-electron chi connectivity index (χ2n) is 7.60. The van der Waals surface area contributed by atoms with Crippen molar-refractivity contribution < 1.29 is 9.53 Å². The number of rotatable bonds is 8. The van der Waals surface area contributed by atoms with Gasteiger partial charge in [-0.15, -0.1) is 10.2 Å². The molecular formula is C26H25N3O2S. The Morgan fingerprint density at radius 1 is 0.969 bits per heavy atom. The van der Waals surface area contributed by atoms with E-state index in [9.17, 15) is 4.79 Å². The zero-order valence-corrected chi connectivity index (χ0v) is 19.2. The van der Waals surface area contributed by atoms with Crippen LogP contribution in [0, 0.1) is 13.8 Å². The van der Waals surface area contributed by atoms with Crippen molar-refractivity contribution in [2.24, 2.45) is 0 Å². The van der Waals surface area contributed by atoms with E-state index in [2.05, 4.69) is 58.9 Å². The van der Waals surface area contributed by atoms with E-state index in [-0.39, 0.29) is 11.5 Å². The van der Waals surface area contributed by atoms with Crippen LogP contribution in [0.3, 0.4) is 0 Å². The van der Waals surface area contributed by atoms with Crippen molar-refractivity contribution in [3.05, 3.63) is 101 Å². The second kappa shape index (κ2) is 9.83. The summed E-state index contributed by atoms with van der Waals surface area (Å²) in [6, 6.07) is 23.8. The lowest BCUT2D eigenvalue weighted by Gasteiger charge is -2.14. The van der Waals surface area contributed by atoms with Crippen LogP contribution >= 0.6 is 11.8 Å². The lowest BCUT2D eigenvalue weighted by molar-refractivity contribution is 0.101. The molecule has 0 saturated carbocycles. The molecule has 0 bridgehead atoms. The average Bonchev–Trinajstić information content (AvgIpc) is 3.20. The first kappa shape index (κ1) is 21.8. The minimum Gasteiger partial charge on any atom is -0.496 e. The molecule has 0 radical (unpaired) electrons.